The van der Waals surface area contributed by atoms with Crippen LogP contribution >= 0.6 is 34.4 Å². The lowest BCUT2D eigenvalue weighted by Gasteiger charge is -2.31. The van der Waals surface area contributed by atoms with Gasteiger partial charge in [0.2, 0.25) is 35.4 Å². The zero-order chi connectivity index (χ0) is 67.1. The molecule has 5 heterocycles. The summed E-state index contributed by atoms with van der Waals surface area (Å²) in [5, 5.41) is 34.2. The largest absolute Gasteiger partial charge is 0.497 e. The Hall–Kier alpha value is -8.24. The number of carboxylic acids is 1. The van der Waals surface area contributed by atoms with Gasteiger partial charge in [0, 0.05) is 60.6 Å². The van der Waals surface area contributed by atoms with E-state index < -0.39 is 88.4 Å². The maximum Gasteiger partial charge on any atom is 0.407 e. The molecule has 0 spiro atoms. The molecule has 92 heavy (non-hydrogen) atoms. The van der Waals surface area contributed by atoms with Crippen LogP contribution in [0.2, 0.25) is 0 Å². The quantitative estimate of drug-likeness (QED) is 0.00847. The Morgan fingerprint density at radius 1 is 0.913 bits per heavy atom. The van der Waals surface area contributed by atoms with Gasteiger partial charge >= 0.3 is 18.0 Å². The lowest BCUT2D eigenvalue weighted by Crippen LogP contribution is -2.55. The molecule has 1 fully saturated rings. The topological polar surface area (TPSA) is 320 Å². The van der Waals surface area contributed by atoms with Crippen LogP contribution in [0.4, 0.5) is 14.9 Å². The number of anilines is 1. The highest BCUT2D eigenvalue weighted by molar-refractivity contribution is 14.1. The number of hydrogen-bond donors (Lipinski definition) is 7. The second-order valence-electron chi connectivity index (χ2n) is 24.2. The molecule has 26 heteroatoms. The van der Waals surface area contributed by atoms with Crippen LogP contribution in [0.15, 0.2) is 65.5 Å². The number of methoxy groups -OCH3 is 1. The summed E-state index contributed by atoms with van der Waals surface area (Å²) in [7, 11) is 1.55. The Kier molecular flexibility index (Phi) is 22.4. The van der Waals surface area contributed by atoms with Crippen molar-refractivity contribution in [1.29, 1.82) is 0 Å². The first kappa shape index (κ1) is 69.6. The Bertz CT molecular complexity index is 3820. The van der Waals surface area contributed by atoms with E-state index in [1.165, 1.54) is 41.5 Å². The van der Waals surface area contributed by atoms with Crippen LogP contribution < -0.4 is 36.9 Å². The lowest BCUT2D eigenvalue weighted by atomic mass is 9.86. The molecule has 0 aliphatic carbocycles. The van der Waals surface area contributed by atoms with Crippen molar-refractivity contribution in [2.45, 2.75) is 158 Å². The number of rotatable bonds is 27. The van der Waals surface area contributed by atoms with Gasteiger partial charge in [-0.1, -0.05) is 93.6 Å². The van der Waals surface area contributed by atoms with E-state index in [9.17, 15) is 58.2 Å². The third-order valence-corrected chi connectivity index (χ3v) is 18.7. The first-order valence-corrected chi connectivity index (χ1v) is 32.2. The van der Waals surface area contributed by atoms with E-state index in [1.807, 2.05) is 32.9 Å². The van der Waals surface area contributed by atoms with Crippen molar-refractivity contribution in [3.63, 3.8) is 0 Å². The second kappa shape index (κ2) is 29.6. The van der Waals surface area contributed by atoms with E-state index in [1.54, 1.807) is 63.4 Å². The Labute approximate surface area is 548 Å². The number of carbonyl (C=O) groups excluding carboxylic acids is 8. The lowest BCUT2D eigenvalue weighted by molar-refractivity contribution is -0.172. The molecule has 3 aliphatic heterocycles. The number of nitrogens with zero attached hydrogens (tertiary/aromatic N) is 3. The number of fused-ring (bicyclic) bond motifs is 5. The molecule has 5 aromatic rings. The average molecular weight is 1400 g/mol. The summed E-state index contributed by atoms with van der Waals surface area (Å²) in [6.07, 6.45) is 2.50. The first-order valence-electron chi connectivity index (χ1n) is 30.3. The number of thioether (sulfide) groups is 1. The van der Waals surface area contributed by atoms with Crippen molar-refractivity contribution in [1.82, 2.24) is 35.7 Å². The van der Waals surface area contributed by atoms with E-state index in [4.69, 9.17) is 19.2 Å². The molecule has 490 valence electrons. The summed E-state index contributed by atoms with van der Waals surface area (Å²) in [5.41, 5.74) is 1.54. The summed E-state index contributed by atoms with van der Waals surface area (Å²) >= 11 is 3.73. The maximum atomic E-state index is 16.0. The van der Waals surface area contributed by atoms with E-state index >= 15 is 4.39 Å². The fourth-order valence-electron chi connectivity index (χ4n) is 11.5. The monoisotopic (exact) mass is 1400 g/mol. The van der Waals surface area contributed by atoms with Crippen LogP contribution in [-0.4, -0.2) is 118 Å². The minimum absolute atomic E-state index is 0.0242. The number of aliphatic carboxylic acids is 1. The van der Waals surface area contributed by atoms with Crippen molar-refractivity contribution < 1.29 is 72.0 Å². The van der Waals surface area contributed by atoms with E-state index in [0.29, 0.717) is 39.3 Å². The van der Waals surface area contributed by atoms with Crippen molar-refractivity contribution in [3.05, 3.63) is 121 Å². The Morgan fingerprint density at radius 3 is 2.27 bits per heavy atom. The number of amides is 7. The molecule has 0 radical (unpaired) electrons. The number of aliphatic hydroxyl groups is 1. The molecule has 0 saturated carbocycles. The number of nitrogens with one attached hydrogen (secondary N) is 5. The average Bonchev–Trinajstić information content (AvgIpc) is 1.49. The molecule has 8 rings (SSSR count). The number of alkyl carbamates (subject to hydrolysis) is 1. The maximum absolute atomic E-state index is 16.0. The van der Waals surface area contributed by atoms with Crippen molar-refractivity contribution in [3.8, 4) is 17.1 Å². The van der Waals surface area contributed by atoms with Crippen LogP contribution in [-0.2, 0) is 79.7 Å². The Morgan fingerprint density at radius 2 is 1.62 bits per heavy atom. The second-order valence-corrected chi connectivity index (χ2v) is 29.0. The van der Waals surface area contributed by atoms with Gasteiger partial charge in [0.05, 0.1) is 44.1 Å². The minimum Gasteiger partial charge on any atom is -0.497 e. The predicted octanol–water partition coefficient (Wildman–Crippen LogP) is 7.90. The van der Waals surface area contributed by atoms with Crippen LogP contribution in [0.3, 0.4) is 0 Å². The Balaban J connectivity index is 0.909. The summed E-state index contributed by atoms with van der Waals surface area (Å²) in [4.78, 5) is 139. The van der Waals surface area contributed by atoms with Crippen molar-refractivity contribution in [2.24, 2.45) is 11.8 Å². The highest BCUT2D eigenvalue weighted by Crippen LogP contribution is 2.45. The molecule has 6 atom stereocenters. The van der Waals surface area contributed by atoms with Gasteiger partial charge in [-0.05, 0) is 116 Å². The summed E-state index contributed by atoms with van der Waals surface area (Å²) in [6.45, 7) is 13.4. The number of halogens is 2. The molecule has 7 amide bonds. The number of esters is 1. The van der Waals surface area contributed by atoms with Crippen molar-refractivity contribution in [2.75, 3.05) is 19.0 Å². The predicted molar refractivity (Wildman–Crippen MR) is 350 cm³/mol. The SMILES string of the molecule is CC[C@@]1(O)C(=O)OCc2c1cc1n(c2=O)Cc2c-1nc1cc(F)c(C)c(/C=C/c3ccc(OC)cc3)c1c2CNC(=O)OCc1ccc(NC(=O)[C@H](CCC(=O)O)NC(=O)[C@H](C)NC(=O)C(CC(C)C)NC(=O)CCN2C(=O)CC(SC(C)(I)CC(C)C)C2=O)cc1. The van der Waals surface area contributed by atoms with E-state index in [2.05, 4.69) is 63.0 Å². The molecular formula is C66H76FIN8O15S. The molecule has 23 nitrogen and oxygen atoms in total. The highest BCUT2D eigenvalue weighted by atomic mass is 127. The molecule has 1 saturated heterocycles. The number of hydrogen-bond acceptors (Lipinski definition) is 16. The van der Waals surface area contributed by atoms with Gasteiger partial charge in [-0.2, -0.15) is 0 Å². The molecular weight excluding hydrogens is 1320 g/mol. The smallest absolute Gasteiger partial charge is 0.407 e. The molecule has 2 aromatic heterocycles. The number of pyridine rings is 2. The number of likely N-dealkylation sites (tertiary alicyclic amines) is 1. The fraction of sp³-hybridized carbons (Fsp3) is 0.439. The van der Waals surface area contributed by atoms with Crippen LogP contribution in [0.5, 0.6) is 5.75 Å². The van der Waals surface area contributed by atoms with Gasteiger partial charge in [0.25, 0.3) is 5.56 Å². The van der Waals surface area contributed by atoms with Gasteiger partial charge in [0.1, 0.15) is 42.9 Å². The van der Waals surface area contributed by atoms with Crippen LogP contribution in [0, 0.1) is 24.6 Å². The van der Waals surface area contributed by atoms with E-state index in [-0.39, 0.29) is 125 Å². The standard InChI is InChI=1S/C66H76FIN8O15S/c1-10-66(88)46-26-51-57-44(31-76(51)61(84)45(46)33-90-63(66)86)43(56-42(36(6)47(67)27-49(56)73-57)20-15-38-13-18-41(89-9)19-14-38)30-69-64(87)91-32-39-11-16-40(17-12-39)71-59(82)48(21-22-55(79)80)74-58(81)37(7)70-60(83)50(25-34(2)3)72-53(77)23-24-75-54(78)28-52(62(75)85)92-65(8,68)29-35(4)5/h11-20,26-27,34-35,37,48,50,52,88H,10,21-25,28-33H2,1-9H3,(H,69,87)(H,70,83)(H,71,82)(H,72,77)(H,74,81)(H,79,80)/b20-15+/t37-,48-,50?,52?,65?,66-/m0/s1. The fourth-order valence-corrected chi connectivity index (χ4v) is 14.7. The van der Waals surface area contributed by atoms with Crippen molar-refractivity contribution >= 4 is 117 Å². The zero-order valence-electron chi connectivity index (χ0n) is 52.6. The first-order chi connectivity index (χ1) is 43.5. The normalized spacial score (nSPS) is 17.5. The summed E-state index contributed by atoms with van der Waals surface area (Å²) in [6, 6.07) is 12.4. The number of imide groups is 1. The third-order valence-electron chi connectivity index (χ3n) is 16.2. The molecule has 7 N–H and O–H groups in total. The molecule has 0 bridgehead atoms. The zero-order valence-corrected chi connectivity index (χ0v) is 55.6. The minimum atomic E-state index is -2.10. The molecule has 3 aromatic carbocycles. The number of cyclic esters (lactones) is 1. The van der Waals surface area contributed by atoms with E-state index in [0.717, 1.165) is 16.9 Å². The number of carbonyl (C=O) groups is 9. The number of benzene rings is 3. The number of carboxylic acid groups (broad SMARTS) is 1. The van der Waals surface area contributed by atoms with Crippen LogP contribution in [0.1, 0.15) is 138 Å². The highest BCUT2D eigenvalue weighted by Gasteiger charge is 2.46. The van der Waals surface area contributed by atoms with Gasteiger partial charge in [-0.15, -0.1) is 11.8 Å². The number of aromatic nitrogens is 2. The molecule has 3 aliphatic rings. The van der Waals surface area contributed by atoms with Gasteiger partial charge < -0.3 is 55.6 Å². The van der Waals surface area contributed by atoms with Gasteiger partial charge in [-0.3, -0.25) is 43.3 Å². The van der Waals surface area contributed by atoms with Gasteiger partial charge in [-0.25, -0.2) is 19.0 Å². The third kappa shape index (κ3) is 16.3. The van der Waals surface area contributed by atoms with Crippen LogP contribution in [0.25, 0.3) is 34.4 Å². The number of ether oxygens (including phenoxy) is 3. The summed E-state index contributed by atoms with van der Waals surface area (Å²) < 4.78 is 33.4. The molecule has 3 unspecified atom stereocenters. The van der Waals surface area contributed by atoms with Gasteiger partial charge in [0.15, 0.2) is 5.60 Å². The summed E-state index contributed by atoms with van der Waals surface area (Å²) in [5.74, 6) is -5.45. The number of alkyl halides is 1.